The van der Waals surface area contributed by atoms with E-state index in [2.05, 4.69) is 10.3 Å². The highest BCUT2D eigenvalue weighted by atomic mass is 32.1. The van der Waals surface area contributed by atoms with E-state index in [1.807, 2.05) is 6.92 Å². The van der Waals surface area contributed by atoms with Crippen molar-refractivity contribution in [2.75, 3.05) is 5.32 Å². The number of amides is 1. The number of aryl methyl sites for hydroxylation is 1. The number of nitrogens with zero attached hydrogens (tertiary/aromatic N) is 1. The lowest BCUT2D eigenvalue weighted by atomic mass is 10.1. The molecule has 6 heteroatoms. The number of hydrogen-bond acceptors (Lipinski definition) is 4. The molecule has 1 rings (SSSR count). The summed E-state index contributed by atoms with van der Waals surface area (Å²) in [5, 5.41) is 2.53. The second kappa shape index (κ2) is 5.30. The van der Waals surface area contributed by atoms with Crippen LogP contribution in [0, 0.1) is 6.92 Å². The van der Waals surface area contributed by atoms with Crippen LogP contribution in [0.1, 0.15) is 31.9 Å². The monoisotopic (exact) mass is 267 g/mol. The topological polar surface area (TPSA) is 77.2 Å². The molecule has 1 aromatic rings. The number of ether oxygens (including phenoxy) is 1. The zero-order valence-electron chi connectivity index (χ0n) is 10.9. The molecule has 0 saturated carbocycles. The summed E-state index contributed by atoms with van der Waals surface area (Å²) in [5.74, 6) is 0.359. The minimum Gasteiger partial charge on any atom is -0.444 e. The first-order chi connectivity index (χ1) is 8.19. The Bertz CT molecular complexity index is 481. The smallest absolute Gasteiger partial charge is 0.413 e. The third-order valence-corrected chi connectivity index (χ3v) is 2.22. The molecule has 0 aliphatic heterocycles. The standard InChI is InChI=1S/C12H17N3O2S/c1-7-6-14-9(5-8(7)10(13)18)15-11(16)17-12(2,3)4/h5-6H,1-4H3,(H2,13,18)(H,14,15,16). The Morgan fingerprint density at radius 3 is 2.61 bits per heavy atom. The molecular weight excluding hydrogens is 250 g/mol. The maximum Gasteiger partial charge on any atom is 0.413 e. The number of rotatable bonds is 2. The van der Waals surface area contributed by atoms with Gasteiger partial charge in [-0.1, -0.05) is 12.2 Å². The first-order valence-electron chi connectivity index (χ1n) is 5.45. The summed E-state index contributed by atoms with van der Waals surface area (Å²) >= 11 is 4.92. The molecule has 18 heavy (non-hydrogen) atoms. The van der Waals surface area contributed by atoms with Gasteiger partial charge in [0.15, 0.2) is 0 Å². The lowest BCUT2D eigenvalue weighted by Crippen LogP contribution is -2.27. The minimum absolute atomic E-state index is 0.266. The predicted octanol–water partition coefficient (Wildman–Crippen LogP) is 2.37. The van der Waals surface area contributed by atoms with Gasteiger partial charge in [0.25, 0.3) is 0 Å². The van der Waals surface area contributed by atoms with Gasteiger partial charge >= 0.3 is 6.09 Å². The first-order valence-corrected chi connectivity index (χ1v) is 5.86. The number of nitrogens with one attached hydrogen (secondary N) is 1. The van der Waals surface area contributed by atoms with E-state index in [0.717, 1.165) is 5.56 Å². The highest BCUT2D eigenvalue weighted by Gasteiger charge is 2.16. The largest absolute Gasteiger partial charge is 0.444 e. The van der Waals surface area contributed by atoms with Gasteiger partial charge in [0, 0.05) is 11.8 Å². The van der Waals surface area contributed by atoms with Crippen LogP contribution in [0.2, 0.25) is 0 Å². The van der Waals surface area contributed by atoms with Gasteiger partial charge in [0.05, 0.1) is 0 Å². The SMILES string of the molecule is Cc1cnc(NC(=O)OC(C)(C)C)cc1C(N)=S. The molecule has 0 spiro atoms. The molecule has 0 saturated heterocycles. The Morgan fingerprint density at radius 1 is 1.50 bits per heavy atom. The maximum atomic E-state index is 11.6. The zero-order chi connectivity index (χ0) is 13.9. The van der Waals surface area contributed by atoms with Crippen LogP contribution in [-0.2, 0) is 4.74 Å². The Morgan fingerprint density at radius 2 is 2.11 bits per heavy atom. The van der Waals surface area contributed by atoms with Crippen molar-refractivity contribution in [1.29, 1.82) is 0 Å². The van der Waals surface area contributed by atoms with E-state index in [9.17, 15) is 4.79 Å². The third-order valence-electron chi connectivity index (χ3n) is 2.00. The second-order valence-electron chi connectivity index (χ2n) is 4.88. The van der Waals surface area contributed by atoms with Crippen LogP contribution in [0.15, 0.2) is 12.3 Å². The number of pyridine rings is 1. The van der Waals surface area contributed by atoms with Crippen LogP contribution in [-0.4, -0.2) is 21.7 Å². The summed E-state index contributed by atoms with van der Waals surface area (Å²) in [6, 6.07) is 1.63. The fraction of sp³-hybridized carbons (Fsp3) is 0.417. The molecule has 1 amide bonds. The fourth-order valence-electron chi connectivity index (χ4n) is 1.27. The summed E-state index contributed by atoms with van der Waals surface area (Å²) in [5.41, 5.74) is 6.57. The van der Waals surface area contributed by atoms with Gasteiger partial charge in [0.2, 0.25) is 0 Å². The van der Waals surface area contributed by atoms with Crippen molar-refractivity contribution in [2.45, 2.75) is 33.3 Å². The molecule has 1 aromatic heterocycles. The van der Waals surface area contributed by atoms with Gasteiger partial charge in [-0.15, -0.1) is 0 Å². The first kappa shape index (κ1) is 14.4. The van der Waals surface area contributed by atoms with Crippen molar-refractivity contribution in [2.24, 2.45) is 5.73 Å². The van der Waals surface area contributed by atoms with Crippen LogP contribution in [0.25, 0.3) is 0 Å². The zero-order valence-corrected chi connectivity index (χ0v) is 11.7. The lowest BCUT2D eigenvalue weighted by Gasteiger charge is -2.19. The predicted molar refractivity (Wildman–Crippen MR) is 74.7 cm³/mol. The Hall–Kier alpha value is -1.69. The Labute approximate surface area is 112 Å². The van der Waals surface area contributed by atoms with Gasteiger partial charge in [-0.3, -0.25) is 5.32 Å². The molecule has 1 heterocycles. The molecule has 0 aromatic carbocycles. The molecule has 3 N–H and O–H groups in total. The van der Waals surface area contributed by atoms with Gasteiger partial charge in [0.1, 0.15) is 16.4 Å². The van der Waals surface area contributed by atoms with Crippen molar-refractivity contribution in [1.82, 2.24) is 4.98 Å². The van der Waals surface area contributed by atoms with E-state index in [0.29, 0.717) is 11.4 Å². The molecule has 0 radical (unpaired) electrons. The van der Waals surface area contributed by atoms with E-state index < -0.39 is 11.7 Å². The van der Waals surface area contributed by atoms with Gasteiger partial charge < -0.3 is 10.5 Å². The number of nitrogens with two attached hydrogens (primary N) is 1. The molecule has 5 nitrogen and oxygen atoms in total. The normalized spacial score (nSPS) is 10.9. The maximum absolute atomic E-state index is 11.6. The van der Waals surface area contributed by atoms with Crippen LogP contribution < -0.4 is 11.1 Å². The minimum atomic E-state index is -0.562. The van der Waals surface area contributed by atoms with Gasteiger partial charge in [-0.25, -0.2) is 9.78 Å². The molecule has 0 aliphatic rings. The number of thiocarbonyl (C=S) groups is 1. The summed E-state index contributed by atoms with van der Waals surface area (Å²) in [7, 11) is 0. The number of carbonyl (C=O) groups is 1. The third kappa shape index (κ3) is 4.29. The molecule has 98 valence electrons. The fourth-order valence-corrected chi connectivity index (χ4v) is 1.49. The van der Waals surface area contributed by atoms with E-state index >= 15 is 0 Å². The molecule has 0 bridgehead atoms. The van der Waals surface area contributed by atoms with E-state index in [-0.39, 0.29) is 4.99 Å². The summed E-state index contributed by atoms with van der Waals surface area (Å²) in [6.45, 7) is 7.21. The molecule has 0 aliphatic carbocycles. The summed E-state index contributed by atoms with van der Waals surface area (Å²) < 4.78 is 5.12. The van der Waals surface area contributed by atoms with E-state index in [1.54, 1.807) is 33.0 Å². The van der Waals surface area contributed by atoms with Crippen molar-refractivity contribution in [3.63, 3.8) is 0 Å². The van der Waals surface area contributed by atoms with Crippen molar-refractivity contribution >= 4 is 29.1 Å². The lowest BCUT2D eigenvalue weighted by molar-refractivity contribution is 0.0635. The average molecular weight is 267 g/mol. The van der Waals surface area contributed by atoms with Crippen molar-refractivity contribution in [3.8, 4) is 0 Å². The van der Waals surface area contributed by atoms with Crippen molar-refractivity contribution < 1.29 is 9.53 Å². The van der Waals surface area contributed by atoms with Crippen LogP contribution in [0.5, 0.6) is 0 Å². The molecule has 0 atom stereocenters. The summed E-state index contributed by atoms with van der Waals surface area (Å²) in [4.78, 5) is 15.9. The van der Waals surface area contributed by atoms with Gasteiger partial charge in [-0.2, -0.15) is 0 Å². The Balaban J connectivity index is 2.83. The van der Waals surface area contributed by atoms with Crippen LogP contribution in [0.3, 0.4) is 0 Å². The van der Waals surface area contributed by atoms with Crippen LogP contribution >= 0.6 is 12.2 Å². The highest BCUT2D eigenvalue weighted by Crippen LogP contribution is 2.14. The van der Waals surface area contributed by atoms with Crippen LogP contribution in [0.4, 0.5) is 10.6 Å². The quantitative estimate of drug-likeness (QED) is 0.804. The molecular formula is C12H17N3O2S. The van der Waals surface area contributed by atoms with E-state index in [1.165, 1.54) is 0 Å². The number of aromatic nitrogens is 1. The van der Waals surface area contributed by atoms with Gasteiger partial charge in [-0.05, 0) is 39.3 Å². The molecule has 0 unspecified atom stereocenters. The second-order valence-corrected chi connectivity index (χ2v) is 5.32. The number of hydrogen-bond donors (Lipinski definition) is 2. The van der Waals surface area contributed by atoms with Crippen molar-refractivity contribution in [3.05, 3.63) is 23.4 Å². The number of anilines is 1. The average Bonchev–Trinajstić information content (AvgIpc) is 2.17. The Kier molecular flexibility index (Phi) is 4.24. The molecule has 0 fully saturated rings. The van der Waals surface area contributed by atoms with E-state index in [4.69, 9.17) is 22.7 Å². The summed E-state index contributed by atoms with van der Waals surface area (Å²) in [6.07, 6.45) is 1.04. The number of carbonyl (C=O) groups excluding carboxylic acids is 1. The highest BCUT2D eigenvalue weighted by molar-refractivity contribution is 7.80.